The predicted octanol–water partition coefficient (Wildman–Crippen LogP) is 4.28. The Hall–Kier alpha value is -2.21. The number of rotatable bonds is 4. The fraction of sp³-hybridized carbons (Fsp3) is 0.368. The van der Waals surface area contributed by atoms with Gasteiger partial charge in [0.15, 0.2) is 11.5 Å². The van der Waals surface area contributed by atoms with Gasteiger partial charge < -0.3 is 9.47 Å². The lowest BCUT2D eigenvalue weighted by Crippen LogP contribution is -2.31. The molecule has 25 heavy (non-hydrogen) atoms. The fourth-order valence-electron chi connectivity index (χ4n) is 3.25. The van der Waals surface area contributed by atoms with E-state index < -0.39 is 11.7 Å². The molecule has 134 valence electrons. The Morgan fingerprint density at radius 3 is 2.28 bits per heavy atom. The molecule has 0 aliphatic carbocycles. The standard InChI is InChI=1S/C19H20F3NO2/c1-24-17-9-13-7-8-23(12-15(13)10-18(17)25-2)11-14-5-3-4-6-16(14)19(20,21)22/h3-6,9-10H,7-8,11-12H2,1-2H3. The van der Waals surface area contributed by atoms with Crippen molar-refractivity contribution in [1.82, 2.24) is 4.90 Å². The van der Waals surface area contributed by atoms with Crippen LogP contribution in [0.1, 0.15) is 22.3 Å². The smallest absolute Gasteiger partial charge is 0.416 e. The highest BCUT2D eigenvalue weighted by molar-refractivity contribution is 5.48. The largest absolute Gasteiger partial charge is 0.493 e. The Kier molecular flexibility index (Phi) is 4.90. The third-order valence-electron chi connectivity index (χ3n) is 4.51. The van der Waals surface area contributed by atoms with Crippen LogP contribution in [0.4, 0.5) is 13.2 Å². The molecule has 1 aliphatic heterocycles. The summed E-state index contributed by atoms with van der Waals surface area (Å²) < 4.78 is 50.2. The lowest BCUT2D eigenvalue weighted by Gasteiger charge is -2.30. The van der Waals surface area contributed by atoms with E-state index in [4.69, 9.17) is 9.47 Å². The number of alkyl halides is 3. The van der Waals surface area contributed by atoms with E-state index in [1.54, 1.807) is 26.4 Å². The minimum absolute atomic E-state index is 0.267. The van der Waals surface area contributed by atoms with Gasteiger partial charge in [-0.05, 0) is 41.3 Å². The van der Waals surface area contributed by atoms with Crippen molar-refractivity contribution in [3.05, 3.63) is 58.7 Å². The van der Waals surface area contributed by atoms with Gasteiger partial charge >= 0.3 is 6.18 Å². The average Bonchev–Trinajstić information content (AvgIpc) is 2.60. The van der Waals surface area contributed by atoms with Gasteiger partial charge in [0.05, 0.1) is 19.8 Å². The molecule has 6 heteroatoms. The van der Waals surface area contributed by atoms with Gasteiger partial charge in [0.2, 0.25) is 0 Å². The molecule has 0 fully saturated rings. The summed E-state index contributed by atoms with van der Waals surface area (Å²) in [4.78, 5) is 2.03. The van der Waals surface area contributed by atoms with Gasteiger partial charge in [0.1, 0.15) is 0 Å². The molecule has 0 amide bonds. The van der Waals surface area contributed by atoms with Crippen molar-refractivity contribution in [2.75, 3.05) is 20.8 Å². The summed E-state index contributed by atoms with van der Waals surface area (Å²) in [7, 11) is 3.16. The molecule has 0 N–H and O–H groups in total. The molecule has 1 aliphatic rings. The van der Waals surface area contributed by atoms with Gasteiger partial charge in [-0.15, -0.1) is 0 Å². The zero-order valence-electron chi connectivity index (χ0n) is 14.2. The molecule has 0 radical (unpaired) electrons. The van der Waals surface area contributed by atoms with Crippen molar-refractivity contribution in [1.29, 1.82) is 0 Å². The molecular formula is C19H20F3NO2. The van der Waals surface area contributed by atoms with Gasteiger partial charge in [-0.2, -0.15) is 13.2 Å². The Morgan fingerprint density at radius 2 is 1.64 bits per heavy atom. The van der Waals surface area contributed by atoms with Gasteiger partial charge in [-0.3, -0.25) is 4.90 Å². The highest BCUT2D eigenvalue weighted by Gasteiger charge is 2.33. The SMILES string of the molecule is COc1cc2c(cc1OC)CN(Cc1ccccc1C(F)(F)F)CC2. The molecule has 0 unspecified atom stereocenters. The predicted molar refractivity (Wildman–Crippen MR) is 88.8 cm³/mol. The normalized spacial score (nSPS) is 14.9. The third kappa shape index (κ3) is 3.74. The fourth-order valence-corrected chi connectivity index (χ4v) is 3.25. The Labute approximate surface area is 145 Å². The monoisotopic (exact) mass is 351 g/mol. The van der Waals surface area contributed by atoms with E-state index in [0.717, 1.165) is 23.6 Å². The van der Waals surface area contributed by atoms with Crippen LogP contribution >= 0.6 is 0 Å². The topological polar surface area (TPSA) is 21.7 Å². The van der Waals surface area contributed by atoms with Crippen LogP contribution in [0.5, 0.6) is 11.5 Å². The molecule has 1 heterocycles. The number of nitrogens with zero attached hydrogens (tertiary/aromatic N) is 1. The minimum atomic E-state index is -4.33. The first kappa shape index (κ1) is 17.6. The summed E-state index contributed by atoms with van der Waals surface area (Å²) in [6.07, 6.45) is -3.56. The van der Waals surface area contributed by atoms with E-state index >= 15 is 0 Å². The first-order valence-electron chi connectivity index (χ1n) is 8.03. The quantitative estimate of drug-likeness (QED) is 0.821. The number of fused-ring (bicyclic) bond motifs is 1. The van der Waals surface area contributed by atoms with Crippen molar-refractivity contribution in [2.45, 2.75) is 25.7 Å². The molecule has 0 saturated carbocycles. The van der Waals surface area contributed by atoms with Gasteiger partial charge in [-0.1, -0.05) is 18.2 Å². The molecule has 0 spiro atoms. The van der Waals surface area contributed by atoms with Crippen molar-refractivity contribution in [3.63, 3.8) is 0 Å². The molecule has 0 bridgehead atoms. The van der Waals surface area contributed by atoms with Gasteiger partial charge in [0, 0.05) is 19.6 Å². The highest BCUT2D eigenvalue weighted by Crippen LogP contribution is 2.35. The van der Waals surface area contributed by atoms with Crippen LogP contribution < -0.4 is 9.47 Å². The van der Waals surface area contributed by atoms with E-state index in [9.17, 15) is 13.2 Å². The minimum Gasteiger partial charge on any atom is -0.493 e. The van der Waals surface area contributed by atoms with Gasteiger partial charge in [-0.25, -0.2) is 0 Å². The molecule has 3 rings (SSSR count). The lowest BCUT2D eigenvalue weighted by molar-refractivity contribution is -0.138. The maximum absolute atomic E-state index is 13.2. The average molecular weight is 351 g/mol. The first-order valence-corrected chi connectivity index (χ1v) is 8.03. The Bertz CT molecular complexity index is 759. The highest BCUT2D eigenvalue weighted by atomic mass is 19.4. The molecule has 0 atom stereocenters. The second-order valence-electron chi connectivity index (χ2n) is 6.09. The molecule has 3 nitrogen and oxygen atoms in total. The molecule has 2 aromatic carbocycles. The van der Waals surface area contributed by atoms with E-state index in [1.807, 2.05) is 17.0 Å². The van der Waals surface area contributed by atoms with Crippen molar-refractivity contribution >= 4 is 0 Å². The van der Waals surface area contributed by atoms with E-state index in [2.05, 4.69) is 0 Å². The number of methoxy groups -OCH3 is 2. The maximum atomic E-state index is 13.2. The van der Waals surface area contributed by atoms with E-state index in [0.29, 0.717) is 30.2 Å². The van der Waals surface area contributed by atoms with Crippen LogP contribution in [0.2, 0.25) is 0 Å². The van der Waals surface area contributed by atoms with Crippen LogP contribution in [-0.2, 0) is 25.7 Å². The summed E-state index contributed by atoms with van der Waals surface area (Å²) in [5.74, 6) is 1.32. The number of halogens is 3. The van der Waals surface area contributed by atoms with Crippen molar-refractivity contribution in [3.8, 4) is 11.5 Å². The molecule has 0 saturated heterocycles. The summed E-state index contributed by atoms with van der Waals surface area (Å²) in [5, 5.41) is 0. The van der Waals surface area contributed by atoms with E-state index in [1.165, 1.54) is 6.07 Å². The summed E-state index contributed by atoms with van der Waals surface area (Å²) in [6.45, 7) is 1.56. The molecular weight excluding hydrogens is 331 g/mol. The lowest BCUT2D eigenvalue weighted by atomic mass is 9.97. The van der Waals surface area contributed by atoms with Crippen LogP contribution in [0, 0.1) is 0 Å². The number of hydrogen-bond donors (Lipinski definition) is 0. The number of benzene rings is 2. The van der Waals surface area contributed by atoms with Gasteiger partial charge in [0.25, 0.3) is 0 Å². The summed E-state index contributed by atoms with van der Waals surface area (Å²) >= 11 is 0. The molecule has 0 aromatic heterocycles. The second-order valence-corrected chi connectivity index (χ2v) is 6.09. The second kappa shape index (κ2) is 6.96. The van der Waals surface area contributed by atoms with Crippen LogP contribution in [0.25, 0.3) is 0 Å². The molecule has 2 aromatic rings. The number of ether oxygens (including phenoxy) is 2. The Balaban J connectivity index is 1.82. The summed E-state index contributed by atoms with van der Waals surface area (Å²) in [5.41, 5.74) is 1.96. The van der Waals surface area contributed by atoms with Crippen LogP contribution in [0.3, 0.4) is 0 Å². The van der Waals surface area contributed by atoms with Crippen LogP contribution in [0.15, 0.2) is 36.4 Å². The zero-order valence-corrected chi connectivity index (χ0v) is 14.2. The van der Waals surface area contributed by atoms with E-state index in [-0.39, 0.29) is 6.54 Å². The zero-order chi connectivity index (χ0) is 18.0. The third-order valence-corrected chi connectivity index (χ3v) is 4.51. The maximum Gasteiger partial charge on any atom is 0.416 e. The first-order chi connectivity index (χ1) is 11.9. The van der Waals surface area contributed by atoms with Crippen LogP contribution in [-0.4, -0.2) is 25.7 Å². The number of hydrogen-bond acceptors (Lipinski definition) is 3. The van der Waals surface area contributed by atoms with Crippen molar-refractivity contribution in [2.24, 2.45) is 0 Å². The Morgan fingerprint density at radius 1 is 1.00 bits per heavy atom. The summed E-state index contributed by atoms with van der Waals surface area (Å²) in [6, 6.07) is 9.63. The van der Waals surface area contributed by atoms with Crippen molar-refractivity contribution < 1.29 is 22.6 Å².